The van der Waals surface area contributed by atoms with Crippen LogP contribution in [0.1, 0.15) is 10.5 Å². The van der Waals surface area contributed by atoms with E-state index in [1.165, 1.54) is 0 Å². The maximum atomic E-state index is 11.0. The molecule has 1 aromatic heterocycles. The molecule has 0 spiro atoms. The maximum absolute atomic E-state index is 11.0. The third-order valence-electron chi connectivity index (χ3n) is 1.13. The summed E-state index contributed by atoms with van der Waals surface area (Å²) in [6.07, 6.45) is 1.60. The number of alkyl halides is 1. The Morgan fingerprint density at radius 1 is 1.64 bits per heavy atom. The van der Waals surface area contributed by atoms with Crippen LogP contribution in [0.3, 0.4) is 0 Å². The van der Waals surface area contributed by atoms with Crippen LogP contribution in [0.25, 0.3) is 0 Å². The first kappa shape index (κ1) is 8.87. The summed E-state index contributed by atoms with van der Waals surface area (Å²) in [7, 11) is 0. The van der Waals surface area contributed by atoms with Gasteiger partial charge in [0.1, 0.15) is 5.69 Å². The number of pyridine rings is 1. The van der Waals surface area contributed by atoms with Crippen LogP contribution in [0.5, 0.6) is 0 Å². The zero-order valence-corrected chi connectivity index (χ0v) is 8.72. The summed E-state index contributed by atoms with van der Waals surface area (Å²) in [5.41, 5.74) is 0.483. The summed E-state index contributed by atoms with van der Waals surface area (Å²) in [4.78, 5) is 14.9. The zero-order valence-electron chi connectivity index (χ0n) is 5.55. The minimum atomic E-state index is -0.00806. The molecular weight excluding hydrogens is 274 g/mol. The molecule has 0 saturated carbocycles. The molecule has 0 amide bonds. The van der Waals surface area contributed by atoms with Crippen molar-refractivity contribution in [3.63, 3.8) is 0 Å². The molecule has 0 bridgehead atoms. The lowest BCUT2D eigenvalue weighted by molar-refractivity contribution is 0.101. The minimum absolute atomic E-state index is 0.00806. The van der Waals surface area contributed by atoms with Gasteiger partial charge in [-0.1, -0.05) is 31.9 Å². The highest BCUT2D eigenvalue weighted by Crippen LogP contribution is 2.09. The molecule has 11 heavy (non-hydrogen) atoms. The Balaban J connectivity index is 2.96. The van der Waals surface area contributed by atoms with Crippen LogP contribution in [0, 0.1) is 0 Å². The van der Waals surface area contributed by atoms with Gasteiger partial charge in [-0.25, -0.2) is 0 Å². The molecule has 0 aliphatic heterocycles. The number of carbonyl (C=O) groups excluding carboxylic acids is 1. The number of nitrogens with zero attached hydrogens (tertiary/aromatic N) is 1. The number of carbonyl (C=O) groups is 1. The summed E-state index contributed by atoms with van der Waals surface area (Å²) in [5, 5.41) is 0.316. The standard InChI is InChI=1S/C7H5Br2NO/c8-4-7(11)6-3-5(9)1-2-10-6/h1-3H,4H2. The fourth-order valence-electron chi connectivity index (χ4n) is 0.626. The van der Waals surface area contributed by atoms with Gasteiger partial charge in [0.25, 0.3) is 0 Å². The average molecular weight is 279 g/mol. The number of Topliss-reactive ketones (excluding diaryl/α,β-unsaturated/α-hetero) is 1. The summed E-state index contributed by atoms with van der Waals surface area (Å²) in [6.45, 7) is 0. The topological polar surface area (TPSA) is 30.0 Å². The van der Waals surface area contributed by atoms with Gasteiger partial charge in [0, 0.05) is 10.7 Å². The van der Waals surface area contributed by atoms with Gasteiger partial charge in [0.15, 0.2) is 5.78 Å². The number of hydrogen-bond acceptors (Lipinski definition) is 2. The Hall–Kier alpha value is -0.220. The molecule has 0 aliphatic carbocycles. The second-order valence-electron chi connectivity index (χ2n) is 1.92. The summed E-state index contributed by atoms with van der Waals surface area (Å²) < 4.78 is 0.872. The van der Waals surface area contributed by atoms with Crippen molar-refractivity contribution < 1.29 is 4.79 Å². The molecule has 2 nitrogen and oxygen atoms in total. The smallest absolute Gasteiger partial charge is 0.191 e. The molecule has 0 aromatic carbocycles. The van der Waals surface area contributed by atoms with Crippen LogP contribution in [0.15, 0.2) is 22.8 Å². The fraction of sp³-hybridized carbons (Fsp3) is 0.143. The lowest BCUT2D eigenvalue weighted by Gasteiger charge is -1.94. The van der Waals surface area contributed by atoms with Crippen molar-refractivity contribution in [3.05, 3.63) is 28.5 Å². The molecule has 0 saturated heterocycles. The van der Waals surface area contributed by atoms with E-state index in [-0.39, 0.29) is 5.78 Å². The summed E-state index contributed by atoms with van der Waals surface area (Å²) in [6, 6.07) is 3.48. The highest BCUT2D eigenvalue weighted by molar-refractivity contribution is 9.10. The van der Waals surface area contributed by atoms with Crippen LogP contribution in [-0.2, 0) is 0 Å². The summed E-state index contributed by atoms with van der Waals surface area (Å²) in [5.74, 6) is -0.00806. The normalized spacial score (nSPS) is 9.64. The molecule has 1 heterocycles. The molecule has 58 valence electrons. The van der Waals surface area contributed by atoms with Crippen molar-refractivity contribution in [1.29, 1.82) is 0 Å². The fourth-order valence-corrected chi connectivity index (χ4v) is 1.25. The van der Waals surface area contributed by atoms with Crippen molar-refractivity contribution in [2.45, 2.75) is 0 Å². The summed E-state index contributed by atoms with van der Waals surface area (Å²) >= 11 is 6.32. The molecule has 0 fully saturated rings. The van der Waals surface area contributed by atoms with E-state index in [9.17, 15) is 4.79 Å². The average Bonchev–Trinajstić information content (AvgIpc) is 2.03. The van der Waals surface area contributed by atoms with Gasteiger partial charge in [-0.2, -0.15) is 0 Å². The van der Waals surface area contributed by atoms with Crippen molar-refractivity contribution in [2.24, 2.45) is 0 Å². The van der Waals surface area contributed by atoms with E-state index in [0.29, 0.717) is 11.0 Å². The van der Waals surface area contributed by atoms with E-state index in [1.54, 1.807) is 18.3 Å². The van der Waals surface area contributed by atoms with E-state index in [2.05, 4.69) is 36.8 Å². The first-order chi connectivity index (χ1) is 5.24. The zero-order chi connectivity index (χ0) is 8.27. The molecular formula is C7H5Br2NO. The second kappa shape index (κ2) is 3.97. The van der Waals surface area contributed by atoms with Crippen LogP contribution in [-0.4, -0.2) is 16.1 Å². The van der Waals surface area contributed by atoms with Crippen LogP contribution in [0.2, 0.25) is 0 Å². The van der Waals surface area contributed by atoms with Crippen LogP contribution in [0.4, 0.5) is 0 Å². The third-order valence-corrected chi connectivity index (χ3v) is 2.13. The number of ketones is 1. The Morgan fingerprint density at radius 3 is 2.91 bits per heavy atom. The number of hydrogen-bond donors (Lipinski definition) is 0. The predicted molar refractivity (Wildman–Crippen MR) is 50.1 cm³/mol. The number of halogens is 2. The van der Waals surface area contributed by atoms with Gasteiger partial charge in [-0.15, -0.1) is 0 Å². The van der Waals surface area contributed by atoms with Crippen molar-refractivity contribution in [2.75, 3.05) is 5.33 Å². The number of aromatic nitrogens is 1. The third kappa shape index (κ3) is 2.38. The van der Waals surface area contributed by atoms with Crippen molar-refractivity contribution in [3.8, 4) is 0 Å². The molecule has 0 atom stereocenters. The Bertz CT molecular complexity index is 275. The van der Waals surface area contributed by atoms with Crippen LogP contribution < -0.4 is 0 Å². The van der Waals surface area contributed by atoms with Crippen molar-refractivity contribution in [1.82, 2.24) is 4.98 Å². The molecule has 4 heteroatoms. The molecule has 1 aromatic rings. The molecule has 0 unspecified atom stereocenters. The maximum Gasteiger partial charge on any atom is 0.191 e. The first-order valence-corrected chi connectivity index (χ1v) is 4.86. The SMILES string of the molecule is O=C(CBr)c1cc(Br)ccn1. The number of rotatable bonds is 2. The molecule has 1 rings (SSSR count). The van der Waals surface area contributed by atoms with Gasteiger partial charge < -0.3 is 0 Å². The lowest BCUT2D eigenvalue weighted by Crippen LogP contribution is -2.02. The Kier molecular flexibility index (Phi) is 3.20. The van der Waals surface area contributed by atoms with E-state index >= 15 is 0 Å². The van der Waals surface area contributed by atoms with Gasteiger partial charge in [0.05, 0.1) is 5.33 Å². The first-order valence-electron chi connectivity index (χ1n) is 2.95. The largest absolute Gasteiger partial charge is 0.291 e. The highest BCUT2D eigenvalue weighted by atomic mass is 79.9. The minimum Gasteiger partial charge on any atom is -0.291 e. The molecule has 0 radical (unpaired) electrons. The molecule has 0 aliphatic rings. The Labute approximate surface area is 81.3 Å². The van der Waals surface area contributed by atoms with E-state index in [1.807, 2.05) is 0 Å². The van der Waals surface area contributed by atoms with Crippen molar-refractivity contribution >= 4 is 37.6 Å². The second-order valence-corrected chi connectivity index (χ2v) is 3.39. The highest BCUT2D eigenvalue weighted by Gasteiger charge is 2.04. The van der Waals surface area contributed by atoms with Crippen LogP contribution >= 0.6 is 31.9 Å². The monoisotopic (exact) mass is 277 g/mol. The van der Waals surface area contributed by atoms with Gasteiger partial charge >= 0.3 is 0 Å². The van der Waals surface area contributed by atoms with E-state index in [0.717, 1.165) is 4.47 Å². The molecule has 0 N–H and O–H groups in total. The van der Waals surface area contributed by atoms with Gasteiger partial charge in [-0.05, 0) is 12.1 Å². The lowest BCUT2D eigenvalue weighted by atomic mass is 10.3. The predicted octanol–water partition coefficient (Wildman–Crippen LogP) is 2.42. The Morgan fingerprint density at radius 2 is 2.36 bits per heavy atom. The van der Waals surface area contributed by atoms with Gasteiger partial charge in [-0.3, -0.25) is 9.78 Å². The quantitative estimate of drug-likeness (QED) is 0.614. The van der Waals surface area contributed by atoms with E-state index < -0.39 is 0 Å². The van der Waals surface area contributed by atoms with Gasteiger partial charge in [0.2, 0.25) is 0 Å². The van der Waals surface area contributed by atoms with E-state index in [4.69, 9.17) is 0 Å².